The Labute approximate surface area is 118 Å². The molecule has 2 aromatic carbocycles. The number of methoxy groups -OCH3 is 1. The van der Waals surface area contributed by atoms with E-state index in [-0.39, 0.29) is 11.9 Å². The molecule has 0 spiro atoms. The fourth-order valence-corrected chi connectivity index (χ4v) is 2.32. The fraction of sp³-hybridized carbons (Fsp3) is 0.250. The van der Waals surface area contributed by atoms with Gasteiger partial charge in [0.05, 0.1) is 13.2 Å². The highest BCUT2D eigenvalue weighted by molar-refractivity contribution is 5.33. The van der Waals surface area contributed by atoms with E-state index in [4.69, 9.17) is 10.6 Å². The highest BCUT2D eigenvalue weighted by Gasteiger charge is 2.13. The van der Waals surface area contributed by atoms with E-state index >= 15 is 0 Å². The van der Waals surface area contributed by atoms with E-state index < -0.39 is 0 Å². The van der Waals surface area contributed by atoms with Crippen molar-refractivity contribution in [2.75, 3.05) is 7.11 Å². The Morgan fingerprint density at radius 1 is 1.25 bits per heavy atom. The van der Waals surface area contributed by atoms with Crippen LogP contribution in [0.4, 0.5) is 4.39 Å². The Morgan fingerprint density at radius 2 is 2.05 bits per heavy atom. The minimum Gasteiger partial charge on any atom is -0.497 e. The standard InChI is InChI=1S/C16H19FN2O/c1-11-8-13(17)6-7-15(11)16(19-18)10-12-4-3-5-14(9-12)20-2/h3-9,16,19H,10,18H2,1-2H3. The average Bonchev–Trinajstić information content (AvgIpc) is 2.45. The van der Waals surface area contributed by atoms with Crippen molar-refractivity contribution < 1.29 is 9.13 Å². The van der Waals surface area contributed by atoms with Gasteiger partial charge in [0.1, 0.15) is 11.6 Å². The number of halogens is 1. The summed E-state index contributed by atoms with van der Waals surface area (Å²) in [6, 6.07) is 12.5. The minimum atomic E-state index is -0.233. The quantitative estimate of drug-likeness (QED) is 0.651. The number of hydrogen-bond acceptors (Lipinski definition) is 3. The van der Waals surface area contributed by atoms with Crippen molar-refractivity contribution in [3.8, 4) is 5.75 Å². The molecule has 1 atom stereocenters. The van der Waals surface area contributed by atoms with Crippen molar-refractivity contribution >= 4 is 0 Å². The lowest BCUT2D eigenvalue weighted by Gasteiger charge is -2.19. The van der Waals surface area contributed by atoms with Gasteiger partial charge in [-0.25, -0.2) is 4.39 Å². The maximum absolute atomic E-state index is 13.2. The number of hydrogen-bond donors (Lipinski definition) is 2. The van der Waals surface area contributed by atoms with Gasteiger partial charge in [-0.05, 0) is 54.3 Å². The van der Waals surface area contributed by atoms with Gasteiger partial charge < -0.3 is 4.74 Å². The molecule has 0 bridgehead atoms. The zero-order valence-corrected chi connectivity index (χ0v) is 11.7. The highest BCUT2D eigenvalue weighted by atomic mass is 19.1. The fourth-order valence-electron chi connectivity index (χ4n) is 2.32. The van der Waals surface area contributed by atoms with Gasteiger partial charge in [0, 0.05) is 0 Å². The van der Waals surface area contributed by atoms with Gasteiger partial charge in [-0.1, -0.05) is 18.2 Å². The third-order valence-electron chi connectivity index (χ3n) is 3.38. The molecule has 0 aliphatic carbocycles. The van der Waals surface area contributed by atoms with Crippen molar-refractivity contribution in [2.45, 2.75) is 19.4 Å². The predicted molar refractivity (Wildman–Crippen MR) is 77.9 cm³/mol. The van der Waals surface area contributed by atoms with Gasteiger partial charge in [0.25, 0.3) is 0 Å². The van der Waals surface area contributed by atoms with E-state index in [1.165, 1.54) is 12.1 Å². The van der Waals surface area contributed by atoms with E-state index in [0.717, 1.165) is 22.4 Å². The minimum absolute atomic E-state index is 0.0669. The van der Waals surface area contributed by atoms with Crippen LogP contribution >= 0.6 is 0 Å². The maximum atomic E-state index is 13.2. The molecule has 0 aliphatic heterocycles. The van der Waals surface area contributed by atoms with Gasteiger partial charge in [-0.2, -0.15) is 0 Å². The largest absolute Gasteiger partial charge is 0.497 e. The zero-order valence-electron chi connectivity index (χ0n) is 11.7. The lowest BCUT2D eigenvalue weighted by Crippen LogP contribution is -2.30. The zero-order chi connectivity index (χ0) is 14.5. The van der Waals surface area contributed by atoms with Crippen LogP contribution in [-0.2, 0) is 6.42 Å². The first-order chi connectivity index (χ1) is 9.63. The first-order valence-electron chi connectivity index (χ1n) is 6.49. The Hall–Kier alpha value is -1.91. The molecule has 0 radical (unpaired) electrons. The summed E-state index contributed by atoms with van der Waals surface area (Å²) in [4.78, 5) is 0. The maximum Gasteiger partial charge on any atom is 0.123 e. The van der Waals surface area contributed by atoms with E-state index in [2.05, 4.69) is 5.43 Å². The molecular weight excluding hydrogens is 255 g/mol. The molecule has 1 unspecified atom stereocenters. The topological polar surface area (TPSA) is 47.3 Å². The van der Waals surface area contributed by atoms with Crippen LogP contribution in [0.15, 0.2) is 42.5 Å². The monoisotopic (exact) mass is 274 g/mol. The average molecular weight is 274 g/mol. The molecule has 106 valence electrons. The molecule has 2 rings (SSSR count). The molecule has 20 heavy (non-hydrogen) atoms. The second-order valence-corrected chi connectivity index (χ2v) is 4.78. The van der Waals surface area contributed by atoms with Crippen molar-refractivity contribution in [3.63, 3.8) is 0 Å². The molecular formula is C16H19FN2O. The molecule has 2 aromatic rings. The lowest BCUT2D eigenvalue weighted by molar-refractivity contribution is 0.414. The summed E-state index contributed by atoms with van der Waals surface area (Å²) < 4.78 is 18.4. The number of hydrazine groups is 1. The molecule has 4 heteroatoms. The summed E-state index contributed by atoms with van der Waals surface area (Å²) in [5.74, 6) is 6.24. The van der Waals surface area contributed by atoms with Gasteiger partial charge in [0.15, 0.2) is 0 Å². The Kier molecular flexibility index (Phi) is 4.71. The van der Waals surface area contributed by atoms with Crippen LogP contribution in [0.3, 0.4) is 0 Å². The number of nitrogens with one attached hydrogen (secondary N) is 1. The molecule has 0 aromatic heterocycles. The third-order valence-corrected chi connectivity index (χ3v) is 3.38. The van der Waals surface area contributed by atoms with E-state index in [1.807, 2.05) is 31.2 Å². The third kappa shape index (κ3) is 3.35. The van der Waals surface area contributed by atoms with Gasteiger partial charge in [-0.3, -0.25) is 11.3 Å². The first kappa shape index (κ1) is 14.5. The van der Waals surface area contributed by atoms with E-state index in [1.54, 1.807) is 13.2 Å². The number of nitrogens with two attached hydrogens (primary N) is 1. The molecule has 0 aliphatic rings. The molecule has 3 N–H and O–H groups in total. The van der Waals surface area contributed by atoms with E-state index in [9.17, 15) is 4.39 Å². The number of ether oxygens (including phenoxy) is 1. The SMILES string of the molecule is COc1cccc(CC(NN)c2ccc(F)cc2C)c1. The molecule has 0 amide bonds. The smallest absolute Gasteiger partial charge is 0.123 e. The molecule has 0 fully saturated rings. The van der Waals surface area contributed by atoms with Crippen LogP contribution in [-0.4, -0.2) is 7.11 Å². The van der Waals surface area contributed by atoms with Gasteiger partial charge in [-0.15, -0.1) is 0 Å². The number of benzene rings is 2. The van der Waals surface area contributed by atoms with Gasteiger partial charge >= 0.3 is 0 Å². The van der Waals surface area contributed by atoms with Crippen LogP contribution in [0.5, 0.6) is 5.75 Å². The lowest BCUT2D eigenvalue weighted by atomic mass is 9.95. The van der Waals surface area contributed by atoms with Crippen LogP contribution < -0.4 is 16.0 Å². The summed E-state index contributed by atoms with van der Waals surface area (Å²) in [7, 11) is 1.64. The van der Waals surface area contributed by atoms with Crippen molar-refractivity contribution in [3.05, 3.63) is 65.0 Å². The molecule has 3 nitrogen and oxygen atoms in total. The summed E-state index contributed by atoms with van der Waals surface area (Å²) in [5.41, 5.74) is 5.79. The van der Waals surface area contributed by atoms with Crippen LogP contribution in [0, 0.1) is 12.7 Å². The Balaban J connectivity index is 2.23. The summed E-state index contributed by atoms with van der Waals surface area (Å²) >= 11 is 0. The van der Waals surface area contributed by atoms with Crippen LogP contribution in [0.25, 0.3) is 0 Å². The summed E-state index contributed by atoms with van der Waals surface area (Å²) in [6.45, 7) is 1.88. The number of rotatable bonds is 5. The molecule has 0 heterocycles. The second-order valence-electron chi connectivity index (χ2n) is 4.78. The van der Waals surface area contributed by atoms with Crippen LogP contribution in [0.2, 0.25) is 0 Å². The van der Waals surface area contributed by atoms with Crippen molar-refractivity contribution in [1.29, 1.82) is 0 Å². The summed E-state index contributed by atoms with van der Waals surface area (Å²) in [6.07, 6.45) is 0.709. The van der Waals surface area contributed by atoms with E-state index in [0.29, 0.717) is 6.42 Å². The molecule has 0 saturated carbocycles. The highest BCUT2D eigenvalue weighted by Crippen LogP contribution is 2.23. The normalized spacial score (nSPS) is 12.2. The number of aryl methyl sites for hydroxylation is 1. The Morgan fingerprint density at radius 3 is 2.70 bits per heavy atom. The van der Waals surface area contributed by atoms with Crippen molar-refractivity contribution in [2.24, 2.45) is 5.84 Å². The molecule has 0 saturated heterocycles. The predicted octanol–water partition coefficient (Wildman–Crippen LogP) is 2.89. The summed E-state index contributed by atoms with van der Waals surface area (Å²) in [5, 5.41) is 0. The van der Waals surface area contributed by atoms with Gasteiger partial charge in [0.2, 0.25) is 0 Å². The van der Waals surface area contributed by atoms with Crippen molar-refractivity contribution in [1.82, 2.24) is 5.43 Å². The second kappa shape index (κ2) is 6.50. The first-order valence-corrected chi connectivity index (χ1v) is 6.49. The van der Waals surface area contributed by atoms with Crippen LogP contribution in [0.1, 0.15) is 22.7 Å². The Bertz CT molecular complexity index is 586.